The molecule has 4 rings (SSSR count). The average molecular weight is 504 g/mol. The number of likely N-dealkylation sites (N-methyl/N-ethyl adjacent to an activating group) is 1. The number of amides is 1. The number of carbonyl (C=O) groups excluding carboxylic acids is 1. The van der Waals surface area contributed by atoms with E-state index in [1.165, 1.54) is 31.3 Å². The first-order valence-electron chi connectivity index (χ1n) is 11.1. The minimum atomic E-state index is -0.882. The number of aryl methyl sites for hydroxylation is 1. The van der Waals surface area contributed by atoms with E-state index in [0.29, 0.717) is 24.6 Å². The summed E-state index contributed by atoms with van der Waals surface area (Å²) < 4.78 is 45.8. The molecule has 1 N–H and O–H groups in total. The Morgan fingerprint density at radius 3 is 2.19 bits per heavy atom. The largest absolute Gasteiger partial charge is 0.494 e. The van der Waals surface area contributed by atoms with Gasteiger partial charge in [-0.15, -0.1) is 0 Å². The van der Waals surface area contributed by atoms with Crippen LogP contribution in [0, 0.1) is 11.6 Å². The van der Waals surface area contributed by atoms with Crippen molar-refractivity contribution in [3.8, 4) is 17.2 Å². The number of rotatable bonds is 8. The predicted octanol–water partition coefficient (Wildman–Crippen LogP) is 2.22. The molecule has 13 heteroatoms. The number of anilines is 2. The second-order valence-electron chi connectivity index (χ2n) is 8.18. The molecule has 1 aliphatic heterocycles. The van der Waals surface area contributed by atoms with E-state index < -0.39 is 18.2 Å². The van der Waals surface area contributed by atoms with Crippen LogP contribution in [0.15, 0.2) is 24.5 Å². The second kappa shape index (κ2) is 10.7. The number of methoxy groups -OCH3 is 2. The van der Waals surface area contributed by atoms with Gasteiger partial charge < -0.3 is 29.3 Å². The van der Waals surface area contributed by atoms with E-state index in [4.69, 9.17) is 14.2 Å². The van der Waals surface area contributed by atoms with Crippen LogP contribution in [0.4, 0.5) is 20.5 Å². The first kappa shape index (κ1) is 25.1. The third-order valence-corrected chi connectivity index (χ3v) is 5.81. The molecular formula is C23H27F2N7O4. The van der Waals surface area contributed by atoms with Gasteiger partial charge in [0.2, 0.25) is 5.95 Å². The van der Waals surface area contributed by atoms with Crippen LogP contribution < -0.4 is 19.5 Å². The zero-order valence-corrected chi connectivity index (χ0v) is 20.4. The van der Waals surface area contributed by atoms with Crippen molar-refractivity contribution in [1.29, 1.82) is 0 Å². The second-order valence-corrected chi connectivity index (χ2v) is 8.18. The van der Waals surface area contributed by atoms with Gasteiger partial charge in [-0.3, -0.25) is 9.48 Å². The summed E-state index contributed by atoms with van der Waals surface area (Å²) in [6.07, 6.45) is 2.70. The number of piperazine rings is 1. The number of aromatic nitrogens is 4. The average Bonchev–Trinajstić information content (AvgIpc) is 3.24. The SMILES string of the molecule is COc1cc(OC)c(F)c(COc2cnc(Nc3cc(C(=O)N4CCN(C)CC4)n(C)n3)nc2)c1F. The molecule has 1 amide bonds. The maximum atomic E-state index is 14.5. The molecule has 3 aromatic rings. The van der Waals surface area contributed by atoms with Crippen LogP contribution in [-0.4, -0.2) is 82.9 Å². The molecular weight excluding hydrogens is 476 g/mol. The Kier molecular flexibility index (Phi) is 7.48. The van der Waals surface area contributed by atoms with Gasteiger partial charge in [0.1, 0.15) is 12.3 Å². The third-order valence-electron chi connectivity index (χ3n) is 5.81. The van der Waals surface area contributed by atoms with Crippen molar-refractivity contribution in [3.05, 3.63) is 47.4 Å². The number of hydrogen-bond donors (Lipinski definition) is 1. The van der Waals surface area contributed by atoms with E-state index in [0.717, 1.165) is 19.2 Å². The fraction of sp³-hybridized carbons (Fsp3) is 0.391. The van der Waals surface area contributed by atoms with Gasteiger partial charge in [0.15, 0.2) is 34.7 Å². The van der Waals surface area contributed by atoms with Gasteiger partial charge in [0.05, 0.1) is 32.2 Å². The van der Waals surface area contributed by atoms with Gasteiger partial charge in [0, 0.05) is 45.4 Å². The van der Waals surface area contributed by atoms with E-state index in [1.807, 2.05) is 7.05 Å². The molecule has 0 radical (unpaired) electrons. The van der Waals surface area contributed by atoms with E-state index in [2.05, 4.69) is 25.3 Å². The molecule has 0 bridgehead atoms. The first-order chi connectivity index (χ1) is 17.3. The summed E-state index contributed by atoms with van der Waals surface area (Å²) in [6.45, 7) is 2.52. The summed E-state index contributed by atoms with van der Waals surface area (Å²) in [5, 5.41) is 7.25. The molecule has 1 aromatic carbocycles. The molecule has 1 fully saturated rings. The summed E-state index contributed by atoms with van der Waals surface area (Å²) in [5.74, 6) is -1.39. The summed E-state index contributed by atoms with van der Waals surface area (Å²) in [4.78, 5) is 25.1. The molecule has 0 aliphatic carbocycles. The van der Waals surface area contributed by atoms with Crippen LogP contribution in [0.2, 0.25) is 0 Å². The van der Waals surface area contributed by atoms with E-state index in [1.54, 1.807) is 18.0 Å². The lowest BCUT2D eigenvalue weighted by atomic mass is 10.1. The lowest BCUT2D eigenvalue weighted by molar-refractivity contribution is 0.0653. The zero-order chi connectivity index (χ0) is 25.8. The number of hydrogen-bond acceptors (Lipinski definition) is 9. The van der Waals surface area contributed by atoms with Crippen molar-refractivity contribution in [2.24, 2.45) is 7.05 Å². The Morgan fingerprint density at radius 1 is 1.00 bits per heavy atom. The number of ether oxygens (including phenoxy) is 3. The standard InChI is InChI=1S/C23H27F2N7O4/c1-30-5-7-32(8-6-30)22(33)16-9-19(29-31(16)2)28-23-26-11-14(12-27-23)36-13-15-20(24)17(34-3)10-18(35-4)21(15)25/h9-12H,5-8,13H2,1-4H3,(H,26,27,28,29). The van der Waals surface area contributed by atoms with Gasteiger partial charge in [-0.25, -0.2) is 18.7 Å². The van der Waals surface area contributed by atoms with Crippen molar-refractivity contribution in [2.75, 3.05) is 52.8 Å². The van der Waals surface area contributed by atoms with Gasteiger partial charge in [0.25, 0.3) is 5.91 Å². The molecule has 2 aromatic heterocycles. The molecule has 0 spiro atoms. The zero-order valence-electron chi connectivity index (χ0n) is 20.4. The van der Waals surface area contributed by atoms with Gasteiger partial charge >= 0.3 is 0 Å². The van der Waals surface area contributed by atoms with E-state index in [9.17, 15) is 13.6 Å². The molecule has 36 heavy (non-hydrogen) atoms. The lowest BCUT2D eigenvalue weighted by Gasteiger charge is -2.32. The van der Waals surface area contributed by atoms with Crippen LogP contribution in [0.3, 0.4) is 0 Å². The molecule has 0 atom stereocenters. The topological polar surface area (TPSA) is 107 Å². The number of halogens is 2. The normalized spacial score (nSPS) is 14.0. The van der Waals surface area contributed by atoms with Crippen molar-refractivity contribution >= 4 is 17.7 Å². The van der Waals surface area contributed by atoms with Gasteiger partial charge in [-0.05, 0) is 7.05 Å². The van der Waals surface area contributed by atoms with Gasteiger partial charge in [-0.2, -0.15) is 5.10 Å². The smallest absolute Gasteiger partial charge is 0.272 e. The van der Waals surface area contributed by atoms with Crippen molar-refractivity contribution in [2.45, 2.75) is 6.61 Å². The highest BCUT2D eigenvalue weighted by Gasteiger charge is 2.24. The molecule has 3 heterocycles. The van der Waals surface area contributed by atoms with Crippen LogP contribution in [0.5, 0.6) is 17.2 Å². The fourth-order valence-electron chi connectivity index (χ4n) is 3.69. The predicted molar refractivity (Wildman–Crippen MR) is 126 cm³/mol. The molecule has 1 aliphatic rings. The number of nitrogens with zero attached hydrogens (tertiary/aromatic N) is 6. The third kappa shape index (κ3) is 5.30. The number of benzene rings is 1. The highest BCUT2D eigenvalue weighted by molar-refractivity contribution is 5.93. The number of nitrogens with one attached hydrogen (secondary N) is 1. The lowest BCUT2D eigenvalue weighted by Crippen LogP contribution is -2.47. The molecule has 0 saturated carbocycles. The Bertz CT molecular complexity index is 1200. The Hall–Kier alpha value is -4.00. The van der Waals surface area contributed by atoms with Crippen LogP contribution in [0.25, 0.3) is 0 Å². The maximum Gasteiger partial charge on any atom is 0.272 e. The van der Waals surface area contributed by atoms with Crippen molar-refractivity contribution in [3.63, 3.8) is 0 Å². The Morgan fingerprint density at radius 2 is 1.61 bits per heavy atom. The molecule has 0 unspecified atom stereocenters. The minimum Gasteiger partial charge on any atom is -0.494 e. The number of carbonyl (C=O) groups is 1. The van der Waals surface area contributed by atoms with Crippen LogP contribution in [0.1, 0.15) is 16.1 Å². The first-order valence-corrected chi connectivity index (χ1v) is 11.1. The summed E-state index contributed by atoms with van der Waals surface area (Å²) in [7, 11) is 6.26. The Balaban J connectivity index is 1.40. The summed E-state index contributed by atoms with van der Waals surface area (Å²) in [6, 6.07) is 2.76. The highest BCUT2D eigenvalue weighted by atomic mass is 19.1. The van der Waals surface area contributed by atoms with E-state index in [-0.39, 0.29) is 34.7 Å². The fourth-order valence-corrected chi connectivity index (χ4v) is 3.69. The molecule has 1 saturated heterocycles. The van der Waals surface area contributed by atoms with Gasteiger partial charge in [-0.1, -0.05) is 0 Å². The highest BCUT2D eigenvalue weighted by Crippen LogP contribution is 2.32. The summed E-state index contributed by atoms with van der Waals surface area (Å²) in [5.41, 5.74) is 0.0965. The van der Waals surface area contributed by atoms with Crippen LogP contribution in [-0.2, 0) is 13.7 Å². The molecule has 11 nitrogen and oxygen atoms in total. The van der Waals surface area contributed by atoms with Crippen molar-refractivity contribution in [1.82, 2.24) is 29.5 Å². The van der Waals surface area contributed by atoms with Crippen LogP contribution >= 0.6 is 0 Å². The maximum absolute atomic E-state index is 14.5. The van der Waals surface area contributed by atoms with E-state index >= 15 is 0 Å². The van der Waals surface area contributed by atoms with Crippen molar-refractivity contribution < 1.29 is 27.8 Å². The quantitative estimate of drug-likeness (QED) is 0.495. The monoisotopic (exact) mass is 503 g/mol. The minimum absolute atomic E-state index is 0.0931. The molecule has 192 valence electrons. The Labute approximate surface area is 206 Å². The summed E-state index contributed by atoms with van der Waals surface area (Å²) >= 11 is 0.